The molecule has 1 aromatic heterocycles. The number of nitriles is 1. The lowest BCUT2D eigenvalue weighted by Crippen LogP contribution is -2.47. The molecule has 1 amide bonds. The standard InChI is InChI=1S/C34H35N3O3/c1-34(2,22-40-26-15-12-23(21-35)13-16-26)36-33(38)25-14-17-27-29(20-25)37-18-19-39-30-11-7-6-10-28(30)32(37)31(27)24-8-4-3-5-9-24/h6-7,10-17,20,24H,3-5,8-9,18-19,22H2,1-2H3,(H,36,38). The highest BCUT2D eigenvalue weighted by Gasteiger charge is 2.30. The Morgan fingerprint density at radius 2 is 1.85 bits per heavy atom. The Kier molecular flexibility index (Phi) is 6.98. The van der Waals surface area contributed by atoms with E-state index in [4.69, 9.17) is 14.7 Å². The van der Waals surface area contributed by atoms with Crippen molar-refractivity contribution in [1.29, 1.82) is 5.26 Å². The van der Waals surface area contributed by atoms with E-state index in [0.717, 1.165) is 23.4 Å². The van der Waals surface area contributed by atoms with Gasteiger partial charge in [0.25, 0.3) is 5.91 Å². The van der Waals surface area contributed by atoms with E-state index >= 15 is 0 Å². The predicted octanol–water partition coefficient (Wildman–Crippen LogP) is 7.21. The van der Waals surface area contributed by atoms with E-state index in [1.54, 1.807) is 24.3 Å². The zero-order chi connectivity index (χ0) is 27.7. The van der Waals surface area contributed by atoms with Gasteiger partial charge in [0, 0.05) is 22.0 Å². The molecular formula is C34H35N3O3. The van der Waals surface area contributed by atoms with Crippen LogP contribution in [0, 0.1) is 11.3 Å². The number of ether oxygens (including phenoxy) is 2. The van der Waals surface area contributed by atoms with Crippen LogP contribution in [0.2, 0.25) is 0 Å². The molecule has 0 bridgehead atoms. The van der Waals surface area contributed by atoms with Gasteiger partial charge >= 0.3 is 0 Å². The summed E-state index contributed by atoms with van der Waals surface area (Å²) >= 11 is 0. The molecule has 0 unspecified atom stereocenters. The lowest BCUT2D eigenvalue weighted by Gasteiger charge is -2.26. The Morgan fingerprint density at radius 1 is 1.07 bits per heavy atom. The van der Waals surface area contributed by atoms with Crippen LogP contribution >= 0.6 is 0 Å². The van der Waals surface area contributed by atoms with E-state index in [0.29, 0.717) is 36.0 Å². The highest BCUT2D eigenvalue weighted by molar-refractivity contribution is 6.01. The maximum absolute atomic E-state index is 13.5. The minimum Gasteiger partial charge on any atom is -0.491 e. The molecule has 0 radical (unpaired) electrons. The average Bonchev–Trinajstić information content (AvgIpc) is 3.17. The quantitative estimate of drug-likeness (QED) is 0.284. The minimum atomic E-state index is -0.601. The first-order valence-corrected chi connectivity index (χ1v) is 14.3. The zero-order valence-corrected chi connectivity index (χ0v) is 23.2. The molecule has 0 saturated heterocycles. The van der Waals surface area contributed by atoms with Crippen molar-refractivity contribution in [2.24, 2.45) is 0 Å². The number of aromatic nitrogens is 1. The van der Waals surface area contributed by atoms with Gasteiger partial charge < -0.3 is 19.4 Å². The van der Waals surface area contributed by atoms with Crippen LogP contribution in [0.5, 0.6) is 11.5 Å². The van der Waals surface area contributed by atoms with Gasteiger partial charge in [0.15, 0.2) is 0 Å². The number of fused-ring (bicyclic) bond motifs is 5. The van der Waals surface area contributed by atoms with Crippen molar-refractivity contribution in [3.63, 3.8) is 0 Å². The maximum Gasteiger partial charge on any atom is 0.251 e. The lowest BCUT2D eigenvalue weighted by molar-refractivity contribution is 0.0881. The molecule has 0 atom stereocenters. The van der Waals surface area contributed by atoms with Gasteiger partial charge in [-0.1, -0.05) is 37.5 Å². The number of para-hydroxylation sites is 1. The number of amides is 1. The molecule has 6 nitrogen and oxygen atoms in total. The van der Waals surface area contributed by atoms with Crippen molar-refractivity contribution < 1.29 is 14.3 Å². The van der Waals surface area contributed by atoms with Crippen molar-refractivity contribution in [3.05, 3.63) is 83.4 Å². The summed E-state index contributed by atoms with van der Waals surface area (Å²) in [6.45, 7) is 5.53. The molecule has 1 aliphatic heterocycles. The molecule has 1 aliphatic carbocycles. The molecule has 3 aromatic carbocycles. The van der Waals surface area contributed by atoms with Crippen molar-refractivity contribution in [3.8, 4) is 28.8 Å². The number of nitrogens with zero attached hydrogens (tertiary/aromatic N) is 2. The third kappa shape index (κ3) is 5.04. The van der Waals surface area contributed by atoms with Gasteiger partial charge in [-0.25, -0.2) is 0 Å². The Hall–Kier alpha value is -4.24. The Balaban J connectivity index is 1.32. The summed E-state index contributed by atoms with van der Waals surface area (Å²) in [4.78, 5) is 13.5. The SMILES string of the molecule is CC(C)(COc1ccc(C#N)cc1)NC(=O)c1ccc2c(C3CCCCC3)c3n(c2c1)CCOc1ccccc1-3. The molecule has 6 rings (SSSR count). The van der Waals surface area contributed by atoms with Gasteiger partial charge in [0.05, 0.1) is 29.4 Å². The number of carbonyl (C=O) groups is 1. The summed E-state index contributed by atoms with van der Waals surface area (Å²) in [5.74, 6) is 1.98. The second kappa shape index (κ2) is 10.7. The predicted molar refractivity (Wildman–Crippen MR) is 157 cm³/mol. The van der Waals surface area contributed by atoms with Crippen molar-refractivity contribution in [2.45, 2.75) is 64.0 Å². The molecule has 1 saturated carbocycles. The van der Waals surface area contributed by atoms with Crippen LogP contribution in [0.1, 0.15) is 73.4 Å². The maximum atomic E-state index is 13.5. The fourth-order valence-corrected chi connectivity index (χ4v) is 6.18. The van der Waals surface area contributed by atoms with E-state index in [-0.39, 0.29) is 5.91 Å². The van der Waals surface area contributed by atoms with Crippen LogP contribution in [0.15, 0.2) is 66.7 Å². The van der Waals surface area contributed by atoms with Crippen LogP contribution in [-0.4, -0.2) is 29.2 Å². The van der Waals surface area contributed by atoms with Gasteiger partial charge in [-0.05, 0) is 86.7 Å². The molecule has 204 valence electrons. The molecule has 2 heterocycles. The Labute approximate surface area is 235 Å². The monoisotopic (exact) mass is 533 g/mol. The molecular weight excluding hydrogens is 498 g/mol. The number of nitrogens with one attached hydrogen (secondary N) is 1. The highest BCUT2D eigenvalue weighted by atomic mass is 16.5. The largest absolute Gasteiger partial charge is 0.491 e. The smallest absolute Gasteiger partial charge is 0.251 e. The minimum absolute atomic E-state index is 0.129. The second-order valence-corrected chi connectivity index (χ2v) is 11.6. The number of rotatable bonds is 6. The highest BCUT2D eigenvalue weighted by Crippen LogP contribution is 2.47. The molecule has 4 aromatic rings. The summed E-state index contributed by atoms with van der Waals surface area (Å²) in [6, 6.07) is 23.6. The van der Waals surface area contributed by atoms with Crippen LogP contribution in [0.3, 0.4) is 0 Å². The number of carbonyl (C=O) groups excluding carboxylic acids is 1. The molecule has 0 spiro atoms. The molecule has 2 aliphatic rings. The van der Waals surface area contributed by atoms with Gasteiger partial charge in [-0.3, -0.25) is 4.79 Å². The van der Waals surface area contributed by atoms with Gasteiger partial charge in [0.2, 0.25) is 0 Å². The third-order valence-corrected chi connectivity index (χ3v) is 8.13. The fraction of sp³-hybridized carbons (Fsp3) is 0.353. The van der Waals surface area contributed by atoms with Crippen molar-refractivity contribution in [1.82, 2.24) is 9.88 Å². The van der Waals surface area contributed by atoms with Crippen molar-refractivity contribution >= 4 is 16.8 Å². The number of hydrogen-bond donors (Lipinski definition) is 1. The van der Waals surface area contributed by atoms with E-state index in [1.165, 1.54) is 48.7 Å². The van der Waals surface area contributed by atoms with Gasteiger partial charge in [-0.15, -0.1) is 0 Å². The topological polar surface area (TPSA) is 76.3 Å². The first-order valence-electron chi connectivity index (χ1n) is 14.3. The number of hydrogen-bond acceptors (Lipinski definition) is 4. The fourth-order valence-electron chi connectivity index (χ4n) is 6.18. The normalized spacial score (nSPS) is 15.3. The van der Waals surface area contributed by atoms with Crippen LogP contribution in [0.4, 0.5) is 0 Å². The Bertz CT molecular complexity index is 1590. The van der Waals surface area contributed by atoms with Crippen molar-refractivity contribution in [2.75, 3.05) is 13.2 Å². The summed E-state index contributed by atoms with van der Waals surface area (Å²) in [7, 11) is 0. The number of benzene rings is 3. The third-order valence-electron chi connectivity index (χ3n) is 8.13. The average molecular weight is 534 g/mol. The van der Waals surface area contributed by atoms with Crippen LogP contribution in [0.25, 0.3) is 22.2 Å². The summed E-state index contributed by atoms with van der Waals surface area (Å²) in [6.07, 6.45) is 6.22. The second-order valence-electron chi connectivity index (χ2n) is 11.6. The van der Waals surface area contributed by atoms with Crippen LogP contribution < -0.4 is 14.8 Å². The summed E-state index contributed by atoms with van der Waals surface area (Å²) in [5, 5.41) is 13.4. The lowest BCUT2D eigenvalue weighted by atomic mass is 9.81. The van der Waals surface area contributed by atoms with Gasteiger partial charge in [-0.2, -0.15) is 5.26 Å². The Morgan fingerprint density at radius 3 is 2.62 bits per heavy atom. The van der Waals surface area contributed by atoms with E-state index in [1.807, 2.05) is 32.0 Å². The van der Waals surface area contributed by atoms with E-state index in [2.05, 4.69) is 40.2 Å². The first kappa shape index (κ1) is 26.0. The summed E-state index contributed by atoms with van der Waals surface area (Å²) < 4.78 is 14.5. The van der Waals surface area contributed by atoms with E-state index < -0.39 is 5.54 Å². The van der Waals surface area contributed by atoms with E-state index in [9.17, 15) is 4.79 Å². The van der Waals surface area contributed by atoms with Crippen LogP contribution in [-0.2, 0) is 6.54 Å². The zero-order valence-electron chi connectivity index (χ0n) is 23.2. The molecule has 6 heteroatoms. The van der Waals surface area contributed by atoms with Gasteiger partial charge in [0.1, 0.15) is 24.7 Å². The first-order chi connectivity index (χ1) is 19.4. The molecule has 1 N–H and O–H groups in total. The summed E-state index contributed by atoms with van der Waals surface area (Å²) in [5.41, 5.74) is 5.52. The molecule has 1 fully saturated rings. The molecule has 40 heavy (non-hydrogen) atoms.